The van der Waals surface area contributed by atoms with E-state index in [1.807, 2.05) is 16.9 Å². The second-order valence-corrected chi connectivity index (χ2v) is 9.32. The first kappa shape index (κ1) is 22.0. The fourth-order valence-corrected chi connectivity index (χ4v) is 5.38. The van der Waals surface area contributed by atoms with Gasteiger partial charge in [0.25, 0.3) is 10.0 Å². The first-order valence-corrected chi connectivity index (χ1v) is 11.9. The minimum Gasteiger partial charge on any atom is -0.496 e. The quantitative estimate of drug-likeness (QED) is 0.387. The molecular weight excluding hydrogens is 462 g/mol. The van der Waals surface area contributed by atoms with Crippen LogP contribution >= 0.6 is 0 Å². The summed E-state index contributed by atoms with van der Waals surface area (Å²) in [6.07, 6.45) is 2.01. The Hall–Kier alpha value is -3.77. The third-order valence-electron chi connectivity index (χ3n) is 5.58. The van der Waals surface area contributed by atoms with E-state index in [1.165, 1.54) is 39.0 Å². The number of sulfonamides is 1. The van der Waals surface area contributed by atoms with Gasteiger partial charge in [0.15, 0.2) is 16.3 Å². The summed E-state index contributed by atoms with van der Waals surface area (Å²) in [7, 11) is 0.128. The van der Waals surface area contributed by atoms with Gasteiger partial charge in [-0.15, -0.1) is 0 Å². The van der Waals surface area contributed by atoms with Crippen molar-refractivity contribution in [2.75, 3.05) is 26.1 Å². The van der Waals surface area contributed by atoms with Crippen molar-refractivity contribution in [1.29, 1.82) is 0 Å². The number of hydrogen-bond donors (Lipinski definition) is 2. The average Bonchev–Trinajstić information content (AvgIpc) is 3.53. The highest BCUT2D eigenvalue weighted by atomic mass is 32.2. The largest absolute Gasteiger partial charge is 0.496 e. The zero-order chi connectivity index (χ0) is 23.9. The lowest BCUT2D eigenvalue weighted by Gasteiger charge is -2.14. The molecule has 0 bridgehead atoms. The topological polar surface area (TPSA) is 130 Å². The molecule has 5 rings (SSSR count). The Morgan fingerprint density at radius 1 is 1.09 bits per heavy atom. The van der Waals surface area contributed by atoms with Gasteiger partial charge >= 0.3 is 0 Å². The van der Waals surface area contributed by atoms with E-state index >= 15 is 0 Å². The number of hydrogen-bond acceptors (Lipinski definition) is 9. The molecule has 2 aromatic heterocycles. The number of methoxy groups -OCH3 is 3. The number of fused-ring (bicyclic) bond motifs is 2. The van der Waals surface area contributed by atoms with Crippen LogP contribution in [0.2, 0.25) is 0 Å². The molecule has 0 spiro atoms. The molecular formula is C22H23N5O6S. The van der Waals surface area contributed by atoms with Crippen molar-refractivity contribution in [3.63, 3.8) is 0 Å². The van der Waals surface area contributed by atoms with Crippen LogP contribution in [0.5, 0.6) is 17.2 Å². The molecule has 0 atom stereocenters. The molecule has 0 saturated heterocycles. The molecule has 0 amide bonds. The fraction of sp³-hybridized carbons (Fsp3) is 0.273. The number of nitrogens with one attached hydrogen (secondary N) is 2. The minimum absolute atomic E-state index is 0.00417. The van der Waals surface area contributed by atoms with Crippen molar-refractivity contribution < 1.29 is 27.2 Å². The van der Waals surface area contributed by atoms with Gasteiger partial charge in [0.2, 0.25) is 0 Å². The van der Waals surface area contributed by atoms with E-state index in [2.05, 4.69) is 20.3 Å². The van der Waals surface area contributed by atoms with Crippen LogP contribution < -0.4 is 24.2 Å². The molecule has 2 N–H and O–H groups in total. The van der Waals surface area contributed by atoms with E-state index in [9.17, 15) is 8.42 Å². The van der Waals surface area contributed by atoms with E-state index in [0.717, 1.165) is 24.3 Å². The fourth-order valence-electron chi connectivity index (χ4n) is 4.06. The summed E-state index contributed by atoms with van der Waals surface area (Å²) >= 11 is 0. The lowest BCUT2D eigenvalue weighted by atomic mass is 10.1. The molecule has 34 heavy (non-hydrogen) atoms. The van der Waals surface area contributed by atoms with Crippen LogP contribution in [0.4, 0.5) is 5.82 Å². The predicted octanol–water partition coefficient (Wildman–Crippen LogP) is 2.50. The van der Waals surface area contributed by atoms with Crippen LogP contribution in [0.15, 0.2) is 45.9 Å². The van der Waals surface area contributed by atoms with E-state index in [4.69, 9.17) is 18.7 Å². The standard InChI is InChI=1S/C22H23N5O6S/c1-30-16-5-4-6-17(31-2)21(16)34(28,29)26-22-20-18(32-3)7-13(8-19(20)33-25-22)11-27-12-14-9-23-10-15(14)24-27/h4-8,12,23H,9-11H2,1-3H3,(H,25,26). The summed E-state index contributed by atoms with van der Waals surface area (Å²) in [5, 5.41) is 12.2. The molecule has 12 heteroatoms. The molecule has 0 radical (unpaired) electrons. The molecule has 1 aliphatic rings. The molecule has 0 saturated carbocycles. The normalized spacial score (nSPS) is 13.1. The third-order valence-corrected chi connectivity index (χ3v) is 6.98. The summed E-state index contributed by atoms with van der Waals surface area (Å²) < 4.78 is 52.4. The number of aromatic nitrogens is 3. The number of benzene rings is 2. The Kier molecular flexibility index (Phi) is 5.54. The van der Waals surface area contributed by atoms with E-state index in [1.54, 1.807) is 12.1 Å². The highest BCUT2D eigenvalue weighted by Gasteiger charge is 2.28. The molecule has 178 valence electrons. The summed E-state index contributed by atoms with van der Waals surface area (Å²) in [6.45, 7) is 2.06. The second-order valence-electron chi connectivity index (χ2n) is 7.70. The van der Waals surface area contributed by atoms with Crippen molar-refractivity contribution in [1.82, 2.24) is 20.3 Å². The zero-order valence-electron chi connectivity index (χ0n) is 18.8. The lowest BCUT2D eigenvalue weighted by Crippen LogP contribution is -2.15. The van der Waals surface area contributed by atoms with Crippen LogP contribution in [0, 0.1) is 0 Å². The zero-order valence-corrected chi connectivity index (χ0v) is 19.6. The van der Waals surface area contributed by atoms with Crippen molar-refractivity contribution in [2.24, 2.45) is 0 Å². The molecule has 4 aromatic rings. The van der Waals surface area contributed by atoms with Gasteiger partial charge in [-0.25, -0.2) is 8.42 Å². The van der Waals surface area contributed by atoms with Crippen molar-refractivity contribution >= 4 is 26.8 Å². The maximum atomic E-state index is 13.3. The Bertz CT molecular complexity index is 1430. The molecule has 0 fully saturated rings. The van der Waals surface area contributed by atoms with Crippen molar-refractivity contribution in [2.45, 2.75) is 24.5 Å². The molecule has 0 aliphatic carbocycles. The van der Waals surface area contributed by atoms with Gasteiger partial charge in [-0.2, -0.15) is 5.10 Å². The number of ether oxygens (including phenoxy) is 3. The monoisotopic (exact) mass is 485 g/mol. The third kappa shape index (κ3) is 3.80. The summed E-state index contributed by atoms with van der Waals surface area (Å²) in [5.41, 5.74) is 3.46. The molecule has 0 unspecified atom stereocenters. The van der Waals surface area contributed by atoms with Crippen LogP contribution in [0.25, 0.3) is 11.0 Å². The number of anilines is 1. The Labute approximate surface area is 195 Å². The van der Waals surface area contributed by atoms with Crippen LogP contribution in [-0.4, -0.2) is 44.7 Å². The van der Waals surface area contributed by atoms with Crippen LogP contribution in [-0.2, 0) is 29.7 Å². The molecule has 11 nitrogen and oxygen atoms in total. The first-order chi connectivity index (χ1) is 16.4. The average molecular weight is 486 g/mol. The first-order valence-electron chi connectivity index (χ1n) is 10.4. The Morgan fingerprint density at radius 2 is 1.82 bits per heavy atom. The van der Waals surface area contributed by atoms with E-state index in [-0.39, 0.29) is 22.2 Å². The van der Waals surface area contributed by atoms with Gasteiger partial charge in [-0.1, -0.05) is 11.2 Å². The summed E-state index contributed by atoms with van der Waals surface area (Å²) in [5.74, 6) is 0.681. The number of nitrogens with zero attached hydrogens (tertiary/aromatic N) is 3. The maximum absolute atomic E-state index is 13.3. The van der Waals surface area contributed by atoms with Crippen molar-refractivity contribution in [3.8, 4) is 17.2 Å². The molecule has 2 aromatic carbocycles. The number of rotatable bonds is 8. The highest BCUT2D eigenvalue weighted by Crippen LogP contribution is 2.38. The predicted molar refractivity (Wildman–Crippen MR) is 123 cm³/mol. The Balaban J connectivity index is 1.50. The molecule has 1 aliphatic heterocycles. The summed E-state index contributed by atoms with van der Waals surface area (Å²) in [6, 6.07) is 8.30. The minimum atomic E-state index is -4.14. The van der Waals surface area contributed by atoms with Gasteiger partial charge in [0.1, 0.15) is 22.6 Å². The van der Waals surface area contributed by atoms with Gasteiger partial charge in [0, 0.05) is 24.8 Å². The van der Waals surface area contributed by atoms with Crippen molar-refractivity contribution in [3.05, 3.63) is 53.3 Å². The van der Waals surface area contributed by atoms with E-state index < -0.39 is 10.0 Å². The highest BCUT2D eigenvalue weighted by molar-refractivity contribution is 7.93. The Morgan fingerprint density at radius 3 is 2.50 bits per heavy atom. The SMILES string of the molecule is COc1cccc(OC)c1S(=O)(=O)Nc1noc2cc(Cn3cc4c(n3)CNC4)cc(OC)c12. The van der Waals surface area contributed by atoms with Gasteiger partial charge in [-0.05, 0) is 29.8 Å². The van der Waals surface area contributed by atoms with Gasteiger partial charge < -0.3 is 24.1 Å². The smallest absolute Gasteiger partial charge is 0.270 e. The maximum Gasteiger partial charge on any atom is 0.270 e. The van der Waals surface area contributed by atoms with Gasteiger partial charge in [-0.3, -0.25) is 9.40 Å². The van der Waals surface area contributed by atoms with E-state index in [0.29, 0.717) is 23.3 Å². The lowest BCUT2D eigenvalue weighted by molar-refractivity contribution is 0.373. The van der Waals surface area contributed by atoms with Gasteiger partial charge in [0.05, 0.1) is 33.6 Å². The van der Waals surface area contributed by atoms with Crippen LogP contribution in [0.3, 0.4) is 0 Å². The second kappa shape index (κ2) is 8.54. The molecule has 3 heterocycles. The summed E-state index contributed by atoms with van der Waals surface area (Å²) in [4.78, 5) is -0.145. The van der Waals surface area contributed by atoms with Crippen LogP contribution in [0.1, 0.15) is 16.8 Å².